The van der Waals surface area contributed by atoms with Crippen molar-refractivity contribution < 1.29 is 9.53 Å². The minimum atomic E-state index is -0.371. The van der Waals surface area contributed by atoms with Crippen molar-refractivity contribution in [3.05, 3.63) is 53.7 Å². The summed E-state index contributed by atoms with van der Waals surface area (Å²) in [6.45, 7) is 0.527. The van der Waals surface area contributed by atoms with Crippen molar-refractivity contribution in [2.24, 2.45) is 10.7 Å². The van der Waals surface area contributed by atoms with Gasteiger partial charge in [-0.1, -0.05) is 30.3 Å². The van der Waals surface area contributed by atoms with Gasteiger partial charge in [0.1, 0.15) is 11.7 Å². The van der Waals surface area contributed by atoms with Gasteiger partial charge in [0.2, 0.25) is 0 Å². The first-order valence-electron chi connectivity index (χ1n) is 9.27. The average molecular weight is 382 g/mol. The number of anilines is 2. The van der Waals surface area contributed by atoms with Crippen LogP contribution in [-0.4, -0.2) is 36.6 Å². The maximum atomic E-state index is 12.5. The highest BCUT2D eigenvalue weighted by Gasteiger charge is 2.21. The van der Waals surface area contributed by atoms with Gasteiger partial charge in [-0.05, 0) is 24.8 Å². The molecule has 1 aromatic carbocycles. The second kappa shape index (κ2) is 9.18. The van der Waals surface area contributed by atoms with Gasteiger partial charge >= 0.3 is 6.03 Å². The highest BCUT2D eigenvalue weighted by Crippen LogP contribution is 2.25. The van der Waals surface area contributed by atoms with E-state index in [2.05, 4.69) is 20.6 Å². The molecule has 2 amide bonds. The summed E-state index contributed by atoms with van der Waals surface area (Å²) in [5, 5.41) is 5.66. The fraction of sp³-hybridized carbons (Fsp3) is 0.350. The average Bonchev–Trinajstić information content (AvgIpc) is 3.49. The highest BCUT2D eigenvalue weighted by atomic mass is 16.5. The number of ether oxygens (including phenoxy) is 1. The zero-order valence-electron chi connectivity index (χ0n) is 15.9. The number of nitrogens with two attached hydrogens (primary N) is 2. The van der Waals surface area contributed by atoms with Gasteiger partial charge in [0.25, 0.3) is 0 Å². The number of carbonyl (C=O) groups excluding carboxylic acids is 1. The predicted molar refractivity (Wildman–Crippen MR) is 110 cm³/mol. The van der Waals surface area contributed by atoms with E-state index in [-0.39, 0.29) is 12.1 Å². The molecule has 0 aliphatic heterocycles. The molecule has 1 saturated carbocycles. The molecule has 6 N–H and O–H groups in total. The zero-order chi connectivity index (χ0) is 19.9. The summed E-state index contributed by atoms with van der Waals surface area (Å²) >= 11 is 0. The number of pyridine rings is 1. The molecule has 1 aliphatic carbocycles. The van der Waals surface area contributed by atoms with Crippen LogP contribution in [0.4, 0.5) is 16.3 Å². The van der Waals surface area contributed by atoms with Crippen LogP contribution >= 0.6 is 0 Å². The molecule has 1 atom stereocenters. The summed E-state index contributed by atoms with van der Waals surface area (Å²) in [5.41, 5.74) is 14.1. The number of amidine groups is 1. The van der Waals surface area contributed by atoms with E-state index < -0.39 is 0 Å². The molecule has 0 saturated heterocycles. The van der Waals surface area contributed by atoms with Crippen LogP contribution in [-0.2, 0) is 4.74 Å². The van der Waals surface area contributed by atoms with Crippen molar-refractivity contribution in [1.29, 1.82) is 0 Å². The fourth-order valence-electron chi connectivity index (χ4n) is 2.78. The number of aliphatic imine (C=N–C) groups is 1. The number of urea groups is 1. The molecular formula is C20H26N6O2. The van der Waals surface area contributed by atoms with E-state index in [0.717, 1.165) is 18.4 Å². The molecule has 0 bridgehead atoms. The Hall–Kier alpha value is -3.13. The number of benzene rings is 1. The molecule has 1 fully saturated rings. The smallest absolute Gasteiger partial charge is 0.320 e. The Bertz CT molecular complexity index is 836. The first kappa shape index (κ1) is 19.6. The molecule has 3 rings (SSSR count). The van der Waals surface area contributed by atoms with Gasteiger partial charge < -0.3 is 21.5 Å². The molecule has 1 heterocycles. The largest absolute Gasteiger partial charge is 0.398 e. The molecule has 8 nitrogen and oxygen atoms in total. The molecule has 8 heteroatoms. The Balaban J connectivity index is 1.65. The summed E-state index contributed by atoms with van der Waals surface area (Å²) in [5.74, 6) is 0.726. The third-order valence-corrected chi connectivity index (χ3v) is 4.44. The van der Waals surface area contributed by atoms with Crippen molar-refractivity contribution in [2.45, 2.75) is 31.3 Å². The second-order valence-corrected chi connectivity index (χ2v) is 6.75. The minimum Gasteiger partial charge on any atom is -0.398 e. The van der Waals surface area contributed by atoms with Gasteiger partial charge in [0.15, 0.2) is 0 Å². The molecule has 2 aromatic rings. The summed E-state index contributed by atoms with van der Waals surface area (Å²) in [6.07, 6.45) is 4.29. The van der Waals surface area contributed by atoms with Crippen molar-refractivity contribution >= 4 is 23.4 Å². The standard InChI is InChI=1S/C20H26N6O2/c1-28-10-9-17(13-5-3-2-4-6-13)25-20(27)26-18-11-16(21)15(12-23-18)19(22)24-14-7-8-14/h2-6,11-12,14,17H,7-10H2,1H3,(H2,22,24)(H4,21,23,25,26,27). The van der Waals surface area contributed by atoms with E-state index in [1.165, 1.54) is 6.20 Å². The number of hydrogen-bond acceptors (Lipinski definition) is 5. The Morgan fingerprint density at radius 2 is 2.11 bits per heavy atom. The summed E-state index contributed by atoms with van der Waals surface area (Å²) in [7, 11) is 1.63. The van der Waals surface area contributed by atoms with Gasteiger partial charge in [0.05, 0.1) is 17.6 Å². The molecule has 1 unspecified atom stereocenters. The Morgan fingerprint density at radius 3 is 2.75 bits per heavy atom. The Morgan fingerprint density at radius 1 is 1.36 bits per heavy atom. The van der Waals surface area contributed by atoms with Crippen LogP contribution in [0.3, 0.4) is 0 Å². The van der Waals surface area contributed by atoms with Crippen molar-refractivity contribution in [3.63, 3.8) is 0 Å². The number of rotatable bonds is 8. The fourth-order valence-corrected chi connectivity index (χ4v) is 2.78. The number of nitrogens with one attached hydrogen (secondary N) is 2. The first-order valence-corrected chi connectivity index (χ1v) is 9.27. The lowest BCUT2D eigenvalue weighted by Gasteiger charge is -2.19. The van der Waals surface area contributed by atoms with Gasteiger partial charge in [0, 0.05) is 31.7 Å². The van der Waals surface area contributed by atoms with Gasteiger partial charge in [-0.3, -0.25) is 10.3 Å². The number of aromatic nitrogens is 1. The Kier molecular flexibility index (Phi) is 6.44. The van der Waals surface area contributed by atoms with Gasteiger partial charge in [-0.2, -0.15) is 0 Å². The summed E-state index contributed by atoms with van der Waals surface area (Å²) in [4.78, 5) is 21.1. The molecule has 1 aromatic heterocycles. The predicted octanol–water partition coefficient (Wildman–Crippen LogP) is 2.43. The number of amides is 2. The Labute approximate surface area is 164 Å². The normalized spacial score (nSPS) is 15.1. The van der Waals surface area contributed by atoms with Crippen LogP contribution in [0.15, 0.2) is 47.6 Å². The lowest BCUT2D eigenvalue weighted by molar-refractivity contribution is 0.183. The molecule has 148 valence electrons. The third-order valence-electron chi connectivity index (χ3n) is 4.44. The highest BCUT2D eigenvalue weighted by molar-refractivity contribution is 6.02. The topological polar surface area (TPSA) is 128 Å². The van der Waals surface area contributed by atoms with E-state index in [1.54, 1.807) is 13.2 Å². The van der Waals surface area contributed by atoms with Gasteiger partial charge in [-0.25, -0.2) is 9.78 Å². The number of methoxy groups -OCH3 is 1. The van der Waals surface area contributed by atoms with Crippen LogP contribution in [0.1, 0.15) is 36.4 Å². The number of hydrogen-bond donors (Lipinski definition) is 4. The van der Waals surface area contributed by atoms with Crippen LogP contribution in [0.2, 0.25) is 0 Å². The van der Waals surface area contributed by atoms with Gasteiger partial charge in [-0.15, -0.1) is 0 Å². The number of carbonyl (C=O) groups is 1. The van der Waals surface area contributed by atoms with Crippen LogP contribution in [0, 0.1) is 0 Å². The molecule has 1 aliphatic rings. The zero-order valence-corrected chi connectivity index (χ0v) is 15.9. The van der Waals surface area contributed by atoms with E-state index in [0.29, 0.717) is 42.0 Å². The van der Waals surface area contributed by atoms with Crippen molar-refractivity contribution in [3.8, 4) is 0 Å². The number of nitrogens with zero attached hydrogens (tertiary/aromatic N) is 2. The second-order valence-electron chi connectivity index (χ2n) is 6.75. The quantitative estimate of drug-likeness (QED) is 0.412. The maximum absolute atomic E-state index is 12.5. The van der Waals surface area contributed by atoms with E-state index in [1.807, 2.05) is 30.3 Å². The van der Waals surface area contributed by atoms with E-state index in [9.17, 15) is 4.79 Å². The summed E-state index contributed by atoms with van der Waals surface area (Å²) < 4.78 is 5.15. The first-order chi connectivity index (χ1) is 13.6. The maximum Gasteiger partial charge on any atom is 0.320 e. The SMILES string of the molecule is COCCC(NC(=O)Nc1cc(N)c(C(N)=NC2CC2)cn1)c1ccccc1. The van der Waals surface area contributed by atoms with Crippen LogP contribution in [0.25, 0.3) is 0 Å². The van der Waals surface area contributed by atoms with E-state index in [4.69, 9.17) is 16.2 Å². The van der Waals surface area contributed by atoms with Crippen LogP contribution < -0.4 is 22.1 Å². The molecule has 28 heavy (non-hydrogen) atoms. The minimum absolute atomic E-state index is 0.181. The lowest BCUT2D eigenvalue weighted by Crippen LogP contribution is -2.33. The monoisotopic (exact) mass is 382 g/mol. The molecular weight excluding hydrogens is 356 g/mol. The molecule has 0 radical (unpaired) electrons. The van der Waals surface area contributed by atoms with E-state index >= 15 is 0 Å². The third kappa shape index (κ3) is 5.43. The van der Waals surface area contributed by atoms with Crippen LogP contribution in [0.5, 0.6) is 0 Å². The van der Waals surface area contributed by atoms with Crippen molar-refractivity contribution in [1.82, 2.24) is 10.3 Å². The number of nitrogen functional groups attached to an aromatic ring is 1. The lowest BCUT2D eigenvalue weighted by atomic mass is 10.0. The summed E-state index contributed by atoms with van der Waals surface area (Å²) in [6, 6.07) is 11.1. The molecule has 0 spiro atoms. The van der Waals surface area contributed by atoms with Crippen molar-refractivity contribution in [2.75, 3.05) is 24.8 Å².